The molecular formula is C9H10ClIN4S. The topological polar surface area (TPSA) is 55.9 Å². The third kappa shape index (κ3) is 2.25. The summed E-state index contributed by atoms with van der Waals surface area (Å²) in [5.41, 5.74) is 4.75. The summed E-state index contributed by atoms with van der Waals surface area (Å²) in [5, 5.41) is 6.79. The molecule has 0 aliphatic heterocycles. The Labute approximate surface area is 116 Å². The van der Waals surface area contributed by atoms with Crippen molar-refractivity contribution >= 4 is 45.5 Å². The normalized spacial score (nSPS) is 13.0. The minimum absolute atomic E-state index is 0.125. The second-order valence-corrected chi connectivity index (χ2v) is 6.50. The molecule has 2 rings (SSSR count). The third-order valence-electron chi connectivity index (χ3n) is 2.30. The summed E-state index contributed by atoms with van der Waals surface area (Å²) in [7, 11) is 1.85. The summed E-state index contributed by atoms with van der Waals surface area (Å²) >= 11 is 10.1. The molecule has 0 fully saturated rings. The van der Waals surface area contributed by atoms with Gasteiger partial charge in [0.15, 0.2) is 0 Å². The van der Waals surface area contributed by atoms with Crippen LogP contribution in [0.5, 0.6) is 0 Å². The predicted octanol–water partition coefficient (Wildman–Crippen LogP) is 2.29. The molecule has 86 valence electrons. The summed E-state index contributed by atoms with van der Waals surface area (Å²) in [4.78, 5) is 0. The molecule has 0 aromatic carbocycles. The van der Waals surface area contributed by atoms with Crippen molar-refractivity contribution in [2.45, 2.75) is 6.04 Å². The summed E-state index contributed by atoms with van der Waals surface area (Å²) in [5.74, 6) is 5.60. The number of thiophene rings is 1. The van der Waals surface area contributed by atoms with Crippen LogP contribution in [0.25, 0.3) is 0 Å². The molecule has 0 saturated heterocycles. The maximum Gasteiger partial charge on any atom is 0.0901 e. The molecule has 0 saturated carbocycles. The lowest BCUT2D eigenvalue weighted by Gasteiger charge is -2.15. The molecule has 2 aromatic heterocycles. The summed E-state index contributed by atoms with van der Waals surface area (Å²) in [6.45, 7) is 0. The van der Waals surface area contributed by atoms with Gasteiger partial charge in [0.25, 0.3) is 0 Å². The second kappa shape index (κ2) is 5.01. The van der Waals surface area contributed by atoms with Gasteiger partial charge in [0, 0.05) is 7.05 Å². The van der Waals surface area contributed by atoms with Crippen LogP contribution in [-0.2, 0) is 7.05 Å². The number of hydrazine groups is 1. The Morgan fingerprint density at radius 2 is 2.44 bits per heavy atom. The van der Waals surface area contributed by atoms with Gasteiger partial charge in [-0.15, -0.1) is 11.3 Å². The Morgan fingerprint density at radius 3 is 2.88 bits per heavy atom. The van der Waals surface area contributed by atoms with Gasteiger partial charge in [-0.05, 0) is 39.6 Å². The van der Waals surface area contributed by atoms with Crippen LogP contribution in [-0.4, -0.2) is 9.78 Å². The first-order valence-corrected chi connectivity index (χ1v) is 6.84. The average molecular weight is 369 g/mol. The van der Waals surface area contributed by atoms with Gasteiger partial charge in [-0.25, -0.2) is 5.43 Å². The van der Waals surface area contributed by atoms with E-state index in [-0.39, 0.29) is 6.04 Å². The van der Waals surface area contributed by atoms with E-state index in [1.54, 1.807) is 22.2 Å². The Hall–Kier alpha value is -0.150. The maximum absolute atomic E-state index is 6.10. The van der Waals surface area contributed by atoms with E-state index in [1.807, 2.05) is 7.05 Å². The summed E-state index contributed by atoms with van der Waals surface area (Å²) in [6, 6.07) is 1.96. The summed E-state index contributed by atoms with van der Waals surface area (Å²) < 4.78 is 2.95. The first-order valence-electron chi connectivity index (χ1n) is 4.51. The van der Waals surface area contributed by atoms with Crippen LogP contribution in [0.15, 0.2) is 17.6 Å². The van der Waals surface area contributed by atoms with Gasteiger partial charge in [-0.2, -0.15) is 5.10 Å². The standard InChI is InChI=1S/C9H10ClIN4S/c1-15-9(6(10)3-13-15)8(14-12)5-2-7(11)16-4-5/h2-4,8,14H,12H2,1H3. The average Bonchev–Trinajstić information content (AvgIpc) is 2.80. The highest BCUT2D eigenvalue weighted by Crippen LogP contribution is 2.30. The van der Waals surface area contributed by atoms with E-state index in [0.717, 1.165) is 11.3 Å². The van der Waals surface area contributed by atoms with E-state index < -0.39 is 0 Å². The Kier molecular flexibility index (Phi) is 3.85. The summed E-state index contributed by atoms with van der Waals surface area (Å²) in [6.07, 6.45) is 1.62. The van der Waals surface area contributed by atoms with E-state index in [2.05, 4.69) is 44.6 Å². The van der Waals surface area contributed by atoms with Crippen molar-refractivity contribution in [3.8, 4) is 0 Å². The third-order valence-corrected chi connectivity index (χ3v) is 4.40. The molecule has 0 spiro atoms. The minimum Gasteiger partial charge on any atom is -0.271 e. The molecule has 2 heterocycles. The van der Waals surface area contributed by atoms with Crippen LogP contribution < -0.4 is 11.3 Å². The fourth-order valence-electron chi connectivity index (χ4n) is 1.55. The van der Waals surface area contributed by atoms with Crippen molar-refractivity contribution in [3.63, 3.8) is 0 Å². The van der Waals surface area contributed by atoms with Crippen LogP contribution >= 0.6 is 45.5 Å². The van der Waals surface area contributed by atoms with Crippen LogP contribution in [0.3, 0.4) is 0 Å². The number of nitrogens with zero attached hydrogens (tertiary/aromatic N) is 2. The van der Waals surface area contributed by atoms with Crippen molar-refractivity contribution < 1.29 is 0 Å². The molecule has 0 radical (unpaired) electrons. The van der Waals surface area contributed by atoms with Gasteiger partial charge in [-0.1, -0.05) is 11.6 Å². The minimum atomic E-state index is -0.125. The zero-order chi connectivity index (χ0) is 11.7. The monoisotopic (exact) mass is 368 g/mol. The van der Waals surface area contributed by atoms with Crippen molar-refractivity contribution in [3.05, 3.63) is 36.8 Å². The van der Waals surface area contributed by atoms with E-state index >= 15 is 0 Å². The Balaban J connectivity index is 2.44. The molecule has 0 amide bonds. The highest BCUT2D eigenvalue weighted by atomic mass is 127. The molecule has 7 heteroatoms. The van der Waals surface area contributed by atoms with Crippen LogP contribution in [0, 0.1) is 2.88 Å². The molecule has 16 heavy (non-hydrogen) atoms. The first-order chi connectivity index (χ1) is 7.63. The van der Waals surface area contributed by atoms with E-state index in [0.29, 0.717) is 5.02 Å². The smallest absolute Gasteiger partial charge is 0.0901 e. The van der Waals surface area contributed by atoms with E-state index in [1.165, 1.54) is 2.88 Å². The quantitative estimate of drug-likeness (QED) is 0.496. The molecule has 0 aliphatic rings. The fourth-order valence-corrected chi connectivity index (χ4v) is 3.23. The zero-order valence-electron chi connectivity index (χ0n) is 8.45. The number of halogens is 2. The lowest BCUT2D eigenvalue weighted by Crippen LogP contribution is -2.30. The molecule has 2 aromatic rings. The molecule has 1 unspecified atom stereocenters. The molecule has 1 atom stereocenters. The van der Waals surface area contributed by atoms with E-state index in [9.17, 15) is 0 Å². The zero-order valence-corrected chi connectivity index (χ0v) is 12.2. The number of nitrogens with two attached hydrogens (primary N) is 1. The SMILES string of the molecule is Cn1ncc(Cl)c1C(NN)c1csc(I)c1. The predicted molar refractivity (Wildman–Crippen MR) is 74.4 cm³/mol. The van der Waals surface area contributed by atoms with Crippen LogP contribution in [0.4, 0.5) is 0 Å². The number of nitrogens with one attached hydrogen (secondary N) is 1. The Morgan fingerprint density at radius 1 is 1.69 bits per heavy atom. The second-order valence-electron chi connectivity index (χ2n) is 3.29. The molecule has 0 bridgehead atoms. The van der Waals surface area contributed by atoms with Gasteiger partial charge < -0.3 is 0 Å². The van der Waals surface area contributed by atoms with Gasteiger partial charge >= 0.3 is 0 Å². The van der Waals surface area contributed by atoms with Crippen molar-refractivity contribution in [1.82, 2.24) is 15.2 Å². The lowest BCUT2D eigenvalue weighted by atomic mass is 10.1. The van der Waals surface area contributed by atoms with Crippen molar-refractivity contribution in [2.24, 2.45) is 12.9 Å². The number of aryl methyl sites for hydroxylation is 1. The van der Waals surface area contributed by atoms with Crippen LogP contribution in [0.1, 0.15) is 17.3 Å². The first kappa shape index (κ1) is 12.3. The van der Waals surface area contributed by atoms with Crippen molar-refractivity contribution in [2.75, 3.05) is 0 Å². The van der Waals surface area contributed by atoms with Gasteiger partial charge in [0.2, 0.25) is 0 Å². The lowest BCUT2D eigenvalue weighted by molar-refractivity contribution is 0.576. The van der Waals surface area contributed by atoms with E-state index in [4.69, 9.17) is 17.4 Å². The van der Waals surface area contributed by atoms with Crippen molar-refractivity contribution in [1.29, 1.82) is 0 Å². The van der Waals surface area contributed by atoms with Gasteiger partial charge in [0.1, 0.15) is 0 Å². The molecule has 3 N–H and O–H groups in total. The maximum atomic E-state index is 6.10. The van der Waals surface area contributed by atoms with Gasteiger partial charge in [0.05, 0.1) is 25.8 Å². The number of rotatable bonds is 3. The molecule has 4 nitrogen and oxygen atoms in total. The highest BCUT2D eigenvalue weighted by molar-refractivity contribution is 14.1. The largest absolute Gasteiger partial charge is 0.271 e. The van der Waals surface area contributed by atoms with Gasteiger partial charge in [-0.3, -0.25) is 10.5 Å². The number of aromatic nitrogens is 2. The fraction of sp³-hybridized carbons (Fsp3) is 0.222. The highest BCUT2D eigenvalue weighted by Gasteiger charge is 2.20. The number of hydrogen-bond donors (Lipinski definition) is 2. The molecule has 0 aliphatic carbocycles. The Bertz CT molecular complexity index is 476. The number of hydrogen-bond acceptors (Lipinski definition) is 4. The molecular weight excluding hydrogens is 359 g/mol. The van der Waals surface area contributed by atoms with Crippen LogP contribution in [0.2, 0.25) is 5.02 Å².